The molecule has 4 rings (SSSR count). The van der Waals surface area contributed by atoms with Crippen LogP contribution in [-0.4, -0.2) is 52.2 Å². The molecule has 1 aromatic carbocycles. The molecule has 0 saturated carbocycles. The standard InChI is InChI=1S/C27H29BrN4O5/c1-4-35-27(34)37-16-17(2)26(33)36-13-7-9-22-25-30-15-18(3)32(25)23-11-10-19(28)14-20(23)24(31-22)21-8-5-6-12-29-21/h5-6,8,10-12,14-15,17,22H,4,7,9,13,16H2,1-3H3/t17?,22-/m0/s1. The van der Waals surface area contributed by atoms with E-state index in [0.29, 0.717) is 12.8 Å². The minimum absolute atomic E-state index is 0.0947. The van der Waals surface area contributed by atoms with Gasteiger partial charge in [-0.15, -0.1) is 0 Å². The Hall–Kier alpha value is -3.53. The number of hydrogen-bond acceptors (Lipinski definition) is 8. The van der Waals surface area contributed by atoms with Crippen molar-refractivity contribution in [3.63, 3.8) is 0 Å². The molecule has 0 radical (unpaired) electrons. The van der Waals surface area contributed by atoms with E-state index in [1.807, 2.05) is 37.4 Å². The molecule has 2 atom stereocenters. The van der Waals surface area contributed by atoms with E-state index < -0.39 is 18.0 Å². The number of aryl methyl sites for hydroxylation is 1. The fourth-order valence-corrected chi connectivity index (χ4v) is 4.45. The predicted molar refractivity (Wildman–Crippen MR) is 141 cm³/mol. The Labute approximate surface area is 224 Å². The molecule has 0 saturated heterocycles. The lowest BCUT2D eigenvalue weighted by atomic mass is 10.0. The summed E-state index contributed by atoms with van der Waals surface area (Å²) >= 11 is 3.60. The average Bonchev–Trinajstić information content (AvgIpc) is 3.21. The van der Waals surface area contributed by atoms with Gasteiger partial charge in [-0.05, 0) is 63.9 Å². The maximum atomic E-state index is 12.3. The fraction of sp³-hybridized carbons (Fsp3) is 0.370. The Kier molecular flexibility index (Phi) is 8.70. The Morgan fingerprint density at radius 2 is 1.97 bits per heavy atom. The van der Waals surface area contributed by atoms with E-state index in [0.717, 1.165) is 38.6 Å². The van der Waals surface area contributed by atoms with Crippen LogP contribution in [0.25, 0.3) is 5.69 Å². The highest BCUT2D eigenvalue weighted by atomic mass is 79.9. The van der Waals surface area contributed by atoms with Gasteiger partial charge in [-0.3, -0.25) is 19.3 Å². The van der Waals surface area contributed by atoms with Crippen molar-refractivity contribution in [1.29, 1.82) is 0 Å². The van der Waals surface area contributed by atoms with Crippen molar-refractivity contribution in [2.45, 2.75) is 39.7 Å². The molecule has 3 aromatic rings. The normalized spacial score (nSPS) is 15.0. The predicted octanol–water partition coefficient (Wildman–Crippen LogP) is 5.36. The van der Waals surface area contributed by atoms with Gasteiger partial charge in [-0.2, -0.15) is 0 Å². The summed E-state index contributed by atoms with van der Waals surface area (Å²) < 4.78 is 18.1. The van der Waals surface area contributed by atoms with Crippen molar-refractivity contribution in [2.24, 2.45) is 10.9 Å². The number of imidazole rings is 1. The SMILES string of the molecule is CCOC(=O)OCC(C)C(=O)OCCC[C@@H]1N=C(c2ccccn2)c2cc(Br)ccc2-n2c(C)cnc21. The van der Waals surface area contributed by atoms with Crippen molar-refractivity contribution in [1.82, 2.24) is 14.5 Å². The molecule has 1 aliphatic heterocycles. The Morgan fingerprint density at radius 1 is 1.14 bits per heavy atom. The zero-order valence-corrected chi connectivity index (χ0v) is 22.6. The quantitative estimate of drug-likeness (QED) is 0.252. The van der Waals surface area contributed by atoms with E-state index in [1.54, 1.807) is 20.0 Å². The van der Waals surface area contributed by atoms with Crippen molar-refractivity contribution in [3.05, 3.63) is 76.0 Å². The number of aliphatic imine (C=N–C) groups is 1. The molecule has 0 spiro atoms. The molecule has 10 heteroatoms. The van der Waals surface area contributed by atoms with Gasteiger partial charge in [-0.1, -0.05) is 22.0 Å². The molecule has 0 fully saturated rings. The Morgan fingerprint density at radius 3 is 2.73 bits per heavy atom. The first-order valence-corrected chi connectivity index (χ1v) is 13.0. The van der Waals surface area contributed by atoms with Gasteiger partial charge in [0.2, 0.25) is 0 Å². The lowest BCUT2D eigenvalue weighted by molar-refractivity contribution is -0.149. The van der Waals surface area contributed by atoms with Gasteiger partial charge in [-0.25, -0.2) is 9.78 Å². The molecule has 1 aliphatic rings. The lowest BCUT2D eigenvalue weighted by Crippen LogP contribution is -2.22. The van der Waals surface area contributed by atoms with Crippen LogP contribution in [0.15, 0.2) is 58.3 Å². The molecule has 1 unspecified atom stereocenters. The van der Waals surface area contributed by atoms with Gasteiger partial charge in [0.15, 0.2) is 0 Å². The number of rotatable bonds is 9. The maximum absolute atomic E-state index is 12.3. The molecule has 0 bridgehead atoms. The third-order valence-corrected chi connectivity index (χ3v) is 6.39. The first-order valence-electron chi connectivity index (χ1n) is 12.2. The molecule has 0 aliphatic carbocycles. The minimum atomic E-state index is -0.795. The summed E-state index contributed by atoms with van der Waals surface area (Å²) in [5.41, 5.74) is 4.51. The van der Waals surface area contributed by atoms with Gasteiger partial charge in [0.1, 0.15) is 18.5 Å². The van der Waals surface area contributed by atoms with Crippen LogP contribution >= 0.6 is 15.9 Å². The number of nitrogens with zero attached hydrogens (tertiary/aromatic N) is 4. The molecule has 3 heterocycles. The Balaban J connectivity index is 1.50. The molecule has 194 valence electrons. The highest BCUT2D eigenvalue weighted by Gasteiger charge is 2.28. The summed E-state index contributed by atoms with van der Waals surface area (Å²) in [7, 11) is 0. The van der Waals surface area contributed by atoms with E-state index in [2.05, 4.69) is 37.6 Å². The van der Waals surface area contributed by atoms with Crippen LogP contribution < -0.4 is 0 Å². The summed E-state index contributed by atoms with van der Waals surface area (Å²) in [5.74, 6) is -0.197. The molecular weight excluding hydrogens is 540 g/mol. The lowest BCUT2D eigenvalue weighted by Gasteiger charge is -2.15. The van der Waals surface area contributed by atoms with Crippen molar-refractivity contribution < 1.29 is 23.8 Å². The summed E-state index contributed by atoms with van der Waals surface area (Å²) in [4.78, 5) is 38.1. The van der Waals surface area contributed by atoms with Crippen molar-refractivity contribution in [3.8, 4) is 5.69 Å². The van der Waals surface area contributed by atoms with E-state index in [1.165, 1.54) is 0 Å². The van der Waals surface area contributed by atoms with Crippen molar-refractivity contribution >= 4 is 33.8 Å². The number of halogens is 1. The molecule has 37 heavy (non-hydrogen) atoms. The maximum Gasteiger partial charge on any atom is 0.508 e. The van der Waals surface area contributed by atoms with E-state index in [9.17, 15) is 9.59 Å². The monoisotopic (exact) mass is 568 g/mol. The Bertz CT molecular complexity index is 1290. The molecule has 9 nitrogen and oxygen atoms in total. The minimum Gasteiger partial charge on any atom is -0.465 e. The third-order valence-electron chi connectivity index (χ3n) is 5.89. The van der Waals surface area contributed by atoms with Gasteiger partial charge in [0, 0.05) is 28.1 Å². The second-order valence-corrected chi connectivity index (χ2v) is 9.58. The fourth-order valence-electron chi connectivity index (χ4n) is 4.09. The second kappa shape index (κ2) is 12.1. The van der Waals surface area contributed by atoms with Crippen LogP contribution in [-0.2, 0) is 19.0 Å². The number of carbonyl (C=O) groups is 2. The summed E-state index contributed by atoms with van der Waals surface area (Å²) in [5, 5.41) is 0. The molecule has 0 N–H and O–H groups in total. The smallest absolute Gasteiger partial charge is 0.465 e. The number of benzene rings is 1. The second-order valence-electron chi connectivity index (χ2n) is 8.67. The van der Waals surface area contributed by atoms with E-state index >= 15 is 0 Å². The molecule has 2 aromatic heterocycles. The van der Waals surface area contributed by atoms with Crippen LogP contribution in [0.1, 0.15) is 55.5 Å². The first-order chi connectivity index (χ1) is 17.9. The van der Waals surface area contributed by atoms with Gasteiger partial charge in [0.05, 0.1) is 36.2 Å². The highest BCUT2D eigenvalue weighted by molar-refractivity contribution is 9.10. The van der Waals surface area contributed by atoms with Crippen LogP contribution in [0.5, 0.6) is 0 Å². The number of aromatic nitrogens is 3. The van der Waals surface area contributed by atoms with Gasteiger partial charge < -0.3 is 14.2 Å². The zero-order valence-electron chi connectivity index (χ0n) is 21.0. The van der Waals surface area contributed by atoms with Crippen LogP contribution in [0.3, 0.4) is 0 Å². The number of hydrogen-bond donors (Lipinski definition) is 0. The van der Waals surface area contributed by atoms with Crippen LogP contribution in [0.4, 0.5) is 4.79 Å². The average molecular weight is 569 g/mol. The summed E-state index contributed by atoms with van der Waals surface area (Å²) in [6, 6.07) is 11.6. The van der Waals surface area contributed by atoms with E-state index in [4.69, 9.17) is 24.2 Å². The third kappa shape index (κ3) is 6.25. The zero-order chi connectivity index (χ0) is 26.4. The van der Waals surface area contributed by atoms with Gasteiger partial charge in [0.25, 0.3) is 0 Å². The molecular formula is C27H29BrN4O5. The van der Waals surface area contributed by atoms with Gasteiger partial charge >= 0.3 is 12.1 Å². The number of carbonyl (C=O) groups excluding carboxylic acids is 2. The number of pyridine rings is 1. The van der Waals surface area contributed by atoms with Crippen LogP contribution in [0.2, 0.25) is 0 Å². The highest BCUT2D eigenvalue weighted by Crippen LogP contribution is 2.34. The summed E-state index contributed by atoms with van der Waals surface area (Å²) in [6.07, 6.45) is 4.00. The van der Waals surface area contributed by atoms with Crippen LogP contribution in [0, 0.1) is 12.8 Å². The number of fused-ring (bicyclic) bond motifs is 3. The first kappa shape index (κ1) is 26.5. The van der Waals surface area contributed by atoms with E-state index in [-0.39, 0.29) is 25.9 Å². The molecule has 0 amide bonds. The largest absolute Gasteiger partial charge is 0.508 e. The number of esters is 1. The number of ether oxygens (including phenoxy) is 3. The van der Waals surface area contributed by atoms with Crippen molar-refractivity contribution in [2.75, 3.05) is 19.8 Å². The topological polar surface area (TPSA) is 105 Å². The summed E-state index contributed by atoms with van der Waals surface area (Å²) in [6.45, 7) is 5.68.